The molecule has 2 fully saturated rings. The Kier molecular flexibility index (Phi) is 3.61. The number of rotatable bonds is 4. The Morgan fingerprint density at radius 1 is 1.35 bits per heavy atom. The fourth-order valence-corrected chi connectivity index (χ4v) is 2.65. The van der Waals surface area contributed by atoms with Gasteiger partial charge in [-0.05, 0) is 49.8 Å². The second kappa shape index (κ2) is 5.40. The van der Waals surface area contributed by atoms with Crippen molar-refractivity contribution in [1.82, 2.24) is 5.32 Å². The van der Waals surface area contributed by atoms with E-state index in [-0.39, 0.29) is 11.7 Å². The highest BCUT2D eigenvalue weighted by Crippen LogP contribution is 2.45. The number of carbonyl (C=O) groups is 1. The molecule has 1 saturated heterocycles. The van der Waals surface area contributed by atoms with Crippen molar-refractivity contribution in [2.75, 3.05) is 13.1 Å². The number of ether oxygens (including phenoxy) is 1. The Morgan fingerprint density at radius 2 is 2.15 bits per heavy atom. The lowest BCUT2D eigenvalue weighted by Crippen LogP contribution is -2.37. The van der Waals surface area contributed by atoms with Crippen LogP contribution in [0.5, 0.6) is 5.75 Å². The summed E-state index contributed by atoms with van der Waals surface area (Å²) in [6.07, 6.45) is 4.06. The summed E-state index contributed by atoms with van der Waals surface area (Å²) in [4.78, 5) is 11.0. The van der Waals surface area contributed by atoms with Crippen molar-refractivity contribution >= 4 is 5.97 Å². The number of benzene rings is 1. The van der Waals surface area contributed by atoms with E-state index in [9.17, 15) is 9.18 Å². The van der Waals surface area contributed by atoms with Crippen molar-refractivity contribution in [3.8, 4) is 5.75 Å². The number of carboxylic acid groups (broad SMARTS) is 1. The molecule has 5 heteroatoms. The Balaban J connectivity index is 1.88. The highest BCUT2D eigenvalue weighted by molar-refractivity contribution is 5.88. The van der Waals surface area contributed by atoms with Crippen molar-refractivity contribution in [3.05, 3.63) is 29.1 Å². The zero-order chi connectivity index (χ0) is 14.1. The highest BCUT2D eigenvalue weighted by atomic mass is 19.1. The molecule has 2 N–H and O–H groups in total. The number of nitrogens with one attached hydrogen (secondary N) is 1. The van der Waals surface area contributed by atoms with Gasteiger partial charge in [0.2, 0.25) is 0 Å². The third kappa shape index (κ3) is 2.77. The van der Waals surface area contributed by atoms with Crippen LogP contribution in [0.3, 0.4) is 0 Å². The number of carboxylic acids is 1. The molecule has 1 aliphatic heterocycles. The summed E-state index contributed by atoms with van der Waals surface area (Å²) in [7, 11) is 0. The van der Waals surface area contributed by atoms with Gasteiger partial charge in [0.1, 0.15) is 17.7 Å². The molecule has 1 atom stereocenters. The van der Waals surface area contributed by atoms with Gasteiger partial charge in [-0.3, -0.25) is 0 Å². The van der Waals surface area contributed by atoms with Gasteiger partial charge in [0.25, 0.3) is 0 Å². The third-order valence-corrected chi connectivity index (χ3v) is 3.89. The maximum atomic E-state index is 13.8. The minimum atomic E-state index is -1.23. The summed E-state index contributed by atoms with van der Waals surface area (Å²) in [6, 6.07) is 2.69. The van der Waals surface area contributed by atoms with Crippen LogP contribution in [0.4, 0.5) is 4.39 Å². The van der Waals surface area contributed by atoms with Crippen LogP contribution >= 0.6 is 0 Å². The average molecular weight is 279 g/mol. The van der Waals surface area contributed by atoms with Crippen LogP contribution in [-0.4, -0.2) is 30.3 Å². The molecule has 20 heavy (non-hydrogen) atoms. The van der Waals surface area contributed by atoms with Crippen molar-refractivity contribution in [2.24, 2.45) is 0 Å². The van der Waals surface area contributed by atoms with Gasteiger partial charge in [-0.2, -0.15) is 0 Å². The van der Waals surface area contributed by atoms with Crippen LogP contribution in [0.2, 0.25) is 0 Å². The normalized spacial score (nSPS) is 22.6. The van der Waals surface area contributed by atoms with E-state index in [1.54, 1.807) is 0 Å². The first-order valence-corrected chi connectivity index (χ1v) is 7.09. The van der Waals surface area contributed by atoms with Crippen LogP contribution in [0.15, 0.2) is 12.1 Å². The molecule has 2 aliphatic rings. The van der Waals surface area contributed by atoms with Crippen LogP contribution in [0.25, 0.3) is 0 Å². The van der Waals surface area contributed by atoms with Crippen molar-refractivity contribution < 1.29 is 19.0 Å². The molecule has 0 radical (unpaired) electrons. The van der Waals surface area contributed by atoms with Crippen LogP contribution in [-0.2, 0) is 0 Å². The van der Waals surface area contributed by atoms with Crippen molar-refractivity contribution in [3.63, 3.8) is 0 Å². The van der Waals surface area contributed by atoms with E-state index in [0.717, 1.165) is 44.3 Å². The van der Waals surface area contributed by atoms with Gasteiger partial charge < -0.3 is 15.2 Å². The molecule has 1 heterocycles. The lowest BCUT2D eigenvalue weighted by Gasteiger charge is -2.25. The van der Waals surface area contributed by atoms with Crippen LogP contribution < -0.4 is 10.1 Å². The number of piperidine rings is 1. The van der Waals surface area contributed by atoms with Gasteiger partial charge in [-0.25, -0.2) is 9.18 Å². The fraction of sp³-hybridized carbons (Fsp3) is 0.533. The zero-order valence-electron chi connectivity index (χ0n) is 11.2. The predicted molar refractivity (Wildman–Crippen MR) is 71.9 cm³/mol. The first kappa shape index (κ1) is 13.4. The van der Waals surface area contributed by atoms with Crippen LogP contribution in [0, 0.1) is 5.82 Å². The first-order valence-electron chi connectivity index (χ1n) is 7.09. The van der Waals surface area contributed by atoms with Gasteiger partial charge in [0, 0.05) is 12.6 Å². The summed E-state index contributed by atoms with van der Waals surface area (Å²) >= 11 is 0. The molecule has 1 aliphatic carbocycles. The second-order valence-corrected chi connectivity index (χ2v) is 5.54. The van der Waals surface area contributed by atoms with Gasteiger partial charge in [0.05, 0.1) is 5.56 Å². The van der Waals surface area contributed by atoms with Gasteiger partial charge in [-0.1, -0.05) is 0 Å². The molecule has 0 bridgehead atoms. The highest BCUT2D eigenvalue weighted by Gasteiger charge is 2.30. The smallest absolute Gasteiger partial charge is 0.338 e. The Bertz CT molecular complexity index is 522. The maximum Gasteiger partial charge on any atom is 0.338 e. The summed E-state index contributed by atoms with van der Waals surface area (Å²) in [5.74, 6) is -1.11. The van der Waals surface area contributed by atoms with E-state index in [1.807, 2.05) is 0 Å². The van der Waals surface area contributed by atoms with Crippen molar-refractivity contribution in [2.45, 2.75) is 37.7 Å². The van der Waals surface area contributed by atoms with E-state index < -0.39 is 11.8 Å². The molecule has 3 rings (SSSR count). The molecular weight excluding hydrogens is 261 g/mol. The van der Waals surface area contributed by atoms with E-state index in [1.165, 1.54) is 12.1 Å². The second-order valence-electron chi connectivity index (χ2n) is 5.54. The monoisotopic (exact) mass is 279 g/mol. The standard InChI is InChI=1S/C15H18FNO3/c16-13-7-14(20-10-2-1-5-17-8-10)11(9-3-4-9)6-12(13)15(18)19/h6-7,9-10,17H,1-5,8H2,(H,18,19)/t10-/m0/s1. The van der Waals surface area contributed by atoms with Crippen molar-refractivity contribution in [1.29, 1.82) is 0 Å². The molecule has 0 amide bonds. The lowest BCUT2D eigenvalue weighted by atomic mass is 10.0. The molecule has 1 aromatic carbocycles. The Labute approximate surface area is 116 Å². The number of aromatic carboxylic acids is 1. The van der Waals surface area contributed by atoms with E-state index in [4.69, 9.17) is 9.84 Å². The topological polar surface area (TPSA) is 58.6 Å². The average Bonchev–Trinajstić information content (AvgIpc) is 3.24. The van der Waals surface area contributed by atoms with Gasteiger partial charge >= 0.3 is 5.97 Å². The lowest BCUT2D eigenvalue weighted by molar-refractivity contribution is 0.0691. The van der Waals surface area contributed by atoms with Crippen LogP contribution in [0.1, 0.15) is 47.5 Å². The van der Waals surface area contributed by atoms with Gasteiger partial charge in [-0.15, -0.1) is 0 Å². The number of hydrogen-bond acceptors (Lipinski definition) is 3. The number of halogens is 1. The molecule has 108 valence electrons. The molecule has 1 aromatic rings. The zero-order valence-corrected chi connectivity index (χ0v) is 11.2. The molecular formula is C15H18FNO3. The van der Waals surface area contributed by atoms with E-state index in [2.05, 4.69) is 5.32 Å². The molecule has 0 unspecified atom stereocenters. The first-order chi connectivity index (χ1) is 9.65. The van der Waals surface area contributed by atoms with E-state index in [0.29, 0.717) is 11.7 Å². The summed E-state index contributed by atoms with van der Waals surface area (Å²) in [5.41, 5.74) is 0.579. The minimum absolute atomic E-state index is 0.0383. The molecule has 0 spiro atoms. The SMILES string of the molecule is O=C(O)c1cc(C2CC2)c(O[C@H]2CCCNC2)cc1F. The minimum Gasteiger partial charge on any atom is -0.489 e. The maximum absolute atomic E-state index is 13.8. The molecule has 4 nitrogen and oxygen atoms in total. The predicted octanol–water partition coefficient (Wildman–Crippen LogP) is 2.53. The summed E-state index contributed by atoms with van der Waals surface area (Å²) in [5, 5.41) is 12.3. The Hall–Kier alpha value is -1.62. The van der Waals surface area contributed by atoms with E-state index >= 15 is 0 Å². The molecule has 1 saturated carbocycles. The summed E-state index contributed by atoms with van der Waals surface area (Å²) < 4.78 is 19.8. The molecule has 0 aromatic heterocycles. The third-order valence-electron chi connectivity index (χ3n) is 3.89. The quantitative estimate of drug-likeness (QED) is 0.889. The largest absolute Gasteiger partial charge is 0.489 e. The fourth-order valence-electron chi connectivity index (χ4n) is 2.65. The number of hydrogen-bond donors (Lipinski definition) is 2. The Morgan fingerprint density at radius 3 is 2.75 bits per heavy atom. The summed E-state index contributed by atoms with van der Waals surface area (Å²) in [6.45, 7) is 1.74. The van der Waals surface area contributed by atoms with Gasteiger partial charge in [0.15, 0.2) is 0 Å².